The summed E-state index contributed by atoms with van der Waals surface area (Å²) < 4.78 is 21.7. The summed E-state index contributed by atoms with van der Waals surface area (Å²) in [6.45, 7) is 3.12. The van der Waals surface area contributed by atoms with Gasteiger partial charge in [-0.2, -0.15) is 0 Å². The van der Waals surface area contributed by atoms with E-state index in [4.69, 9.17) is 18.9 Å². The Morgan fingerprint density at radius 1 is 1.07 bits per heavy atom. The number of carbonyl (C=O) groups excluding carboxylic acids is 1. The Morgan fingerprint density at radius 3 is 2.39 bits per heavy atom. The fraction of sp³-hybridized carbons (Fsp3) is 0.318. The molecule has 1 unspecified atom stereocenters. The number of fused-ring (bicyclic) bond motifs is 1. The molecule has 2 aromatic rings. The highest BCUT2D eigenvalue weighted by Crippen LogP contribution is 2.33. The van der Waals surface area contributed by atoms with Gasteiger partial charge in [0.15, 0.2) is 11.5 Å². The molecule has 1 aliphatic heterocycles. The van der Waals surface area contributed by atoms with Gasteiger partial charge in [0.25, 0.3) is 0 Å². The van der Waals surface area contributed by atoms with Crippen LogP contribution < -0.4 is 24.3 Å². The van der Waals surface area contributed by atoms with Crippen LogP contribution in [0.3, 0.4) is 0 Å². The average Bonchev–Trinajstić information content (AvgIpc) is 2.75. The van der Waals surface area contributed by atoms with Crippen molar-refractivity contribution < 1.29 is 23.7 Å². The van der Waals surface area contributed by atoms with E-state index < -0.39 is 0 Å². The van der Waals surface area contributed by atoms with Gasteiger partial charge >= 0.3 is 0 Å². The van der Waals surface area contributed by atoms with Crippen LogP contribution in [0.5, 0.6) is 23.0 Å². The molecule has 1 atom stereocenters. The molecule has 0 spiro atoms. The second kappa shape index (κ2) is 9.17. The minimum absolute atomic E-state index is 0.118. The zero-order valence-electron chi connectivity index (χ0n) is 16.4. The molecule has 0 fully saturated rings. The fourth-order valence-corrected chi connectivity index (χ4v) is 3.02. The molecule has 0 bridgehead atoms. The summed E-state index contributed by atoms with van der Waals surface area (Å²) in [5.41, 5.74) is 1.80. The number of ether oxygens (including phenoxy) is 4. The van der Waals surface area contributed by atoms with Crippen molar-refractivity contribution in [1.29, 1.82) is 0 Å². The van der Waals surface area contributed by atoms with Crippen molar-refractivity contribution in [2.75, 3.05) is 27.4 Å². The first-order valence-electron chi connectivity index (χ1n) is 9.24. The molecule has 28 heavy (non-hydrogen) atoms. The highest BCUT2D eigenvalue weighted by atomic mass is 16.6. The fourth-order valence-electron chi connectivity index (χ4n) is 3.02. The predicted molar refractivity (Wildman–Crippen MR) is 107 cm³/mol. The molecule has 0 saturated heterocycles. The molecule has 1 amide bonds. The number of carbonyl (C=O) groups is 1. The Kier molecular flexibility index (Phi) is 6.42. The lowest BCUT2D eigenvalue weighted by Crippen LogP contribution is -2.26. The van der Waals surface area contributed by atoms with Gasteiger partial charge in [-0.1, -0.05) is 13.0 Å². The smallest absolute Gasteiger partial charge is 0.244 e. The van der Waals surface area contributed by atoms with Crippen LogP contribution in [-0.4, -0.2) is 33.3 Å². The standard InChI is InChI=1S/C22H25NO5/c1-4-19(16-6-7-20-21(13-16)28-10-9-27-20)23-22(24)8-5-15-11-17(25-2)14-18(12-15)26-3/h5-8,11-14,19H,4,9-10H2,1-3H3,(H,23,24). The maximum absolute atomic E-state index is 12.4. The molecule has 1 aliphatic rings. The van der Waals surface area contributed by atoms with Gasteiger partial charge in [-0.05, 0) is 47.9 Å². The molecular weight excluding hydrogens is 358 g/mol. The average molecular weight is 383 g/mol. The Balaban J connectivity index is 1.70. The van der Waals surface area contributed by atoms with Crippen LogP contribution in [0.25, 0.3) is 6.08 Å². The van der Waals surface area contributed by atoms with E-state index in [0.29, 0.717) is 24.7 Å². The van der Waals surface area contributed by atoms with Crippen LogP contribution in [0.1, 0.15) is 30.5 Å². The molecule has 1 heterocycles. The van der Waals surface area contributed by atoms with E-state index in [-0.39, 0.29) is 11.9 Å². The third kappa shape index (κ3) is 4.76. The van der Waals surface area contributed by atoms with E-state index in [2.05, 4.69) is 5.32 Å². The summed E-state index contributed by atoms with van der Waals surface area (Å²) in [5, 5.41) is 3.03. The van der Waals surface area contributed by atoms with Crippen molar-refractivity contribution >= 4 is 12.0 Å². The third-order valence-corrected chi connectivity index (χ3v) is 4.49. The molecule has 0 saturated carbocycles. The number of hydrogen-bond acceptors (Lipinski definition) is 5. The lowest BCUT2D eigenvalue weighted by atomic mass is 10.0. The van der Waals surface area contributed by atoms with E-state index in [1.165, 1.54) is 6.08 Å². The number of hydrogen-bond donors (Lipinski definition) is 1. The molecule has 6 nitrogen and oxygen atoms in total. The molecule has 6 heteroatoms. The van der Waals surface area contributed by atoms with Gasteiger partial charge in [-0.25, -0.2) is 0 Å². The quantitative estimate of drug-likeness (QED) is 0.738. The first-order chi connectivity index (χ1) is 13.6. The topological polar surface area (TPSA) is 66.0 Å². The van der Waals surface area contributed by atoms with E-state index in [1.807, 2.05) is 37.3 Å². The second-order valence-corrected chi connectivity index (χ2v) is 6.35. The van der Waals surface area contributed by atoms with Crippen molar-refractivity contribution in [2.24, 2.45) is 0 Å². The van der Waals surface area contributed by atoms with Crippen LogP contribution in [0.15, 0.2) is 42.5 Å². The van der Waals surface area contributed by atoms with E-state index in [1.54, 1.807) is 26.4 Å². The third-order valence-electron chi connectivity index (χ3n) is 4.49. The lowest BCUT2D eigenvalue weighted by Gasteiger charge is -2.22. The number of amides is 1. The van der Waals surface area contributed by atoms with Crippen molar-refractivity contribution in [3.05, 3.63) is 53.6 Å². The van der Waals surface area contributed by atoms with Gasteiger partial charge in [0.05, 0.1) is 20.3 Å². The predicted octanol–water partition coefficient (Wildman–Crippen LogP) is 3.76. The molecule has 0 radical (unpaired) electrons. The summed E-state index contributed by atoms with van der Waals surface area (Å²) in [6, 6.07) is 11.1. The van der Waals surface area contributed by atoms with Gasteiger partial charge in [0.1, 0.15) is 24.7 Å². The summed E-state index contributed by atoms with van der Waals surface area (Å²) in [4.78, 5) is 12.4. The second-order valence-electron chi connectivity index (χ2n) is 6.35. The SMILES string of the molecule is CCC(NC(=O)C=Cc1cc(OC)cc(OC)c1)c1ccc2c(c1)OCCO2. The van der Waals surface area contributed by atoms with Gasteiger partial charge in [-0.15, -0.1) is 0 Å². The molecule has 148 valence electrons. The highest BCUT2D eigenvalue weighted by molar-refractivity contribution is 5.92. The summed E-state index contributed by atoms with van der Waals surface area (Å²) in [7, 11) is 3.18. The van der Waals surface area contributed by atoms with Crippen molar-refractivity contribution in [3.63, 3.8) is 0 Å². The molecular formula is C22H25NO5. The zero-order valence-corrected chi connectivity index (χ0v) is 16.4. The van der Waals surface area contributed by atoms with Gasteiger partial charge in [0, 0.05) is 12.1 Å². The summed E-state index contributed by atoms with van der Waals surface area (Å²) in [5.74, 6) is 2.62. The van der Waals surface area contributed by atoms with Crippen molar-refractivity contribution in [1.82, 2.24) is 5.32 Å². The summed E-state index contributed by atoms with van der Waals surface area (Å²) >= 11 is 0. The highest BCUT2D eigenvalue weighted by Gasteiger charge is 2.17. The lowest BCUT2D eigenvalue weighted by molar-refractivity contribution is -0.117. The van der Waals surface area contributed by atoms with Crippen LogP contribution in [0.2, 0.25) is 0 Å². The minimum Gasteiger partial charge on any atom is -0.497 e. The molecule has 3 rings (SSSR count). The molecule has 1 N–H and O–H groups in total. The zero-order chi connectivity index (χ0) is 19.9. The molecule has 2 aromatic carbocycles. The van der Waals surface area contributed by atoms with E-state index in [0.717, 1.165) is 29.0 Å². The molecule has 0 aliphatic carbocycles. The van der Waals surface area contributed by atoms with Crippen LogP contribution in [-0.2, 0) is 4.79 Å². The number of nitrogens with one attached hydrogen (secondary N) is 1. The Morgan fingerprint density at radius 2 is 1.75 bits per heavy atom. The minimum atomic E-state index is -0.177. The first kappa shape index (κ1) is 19.6. The summed E-state index contributed by atoms with van der Waals surface area (Å²) in [6.07, 6.45) is 4.00. The van der Waals surface area contributed by atoms with Crippen LogP contribution >= 0.6 is 0 Å². The van der Waals surface area contributed by atoms with Crippen molar-refractivity contribution in [3.8, 4) is 23.0 Å². The Hall–Kier alpha value is -3.15. The number of rotatable bonds is 7. The monoisotopic (exact) mass is 383 g/mol. The van der Waals surface area contributed by atoms with Gasteiger partial charge in [0.2, 0.25) is 5.91 Å². The van der Waals surface area contributed by atoms with Gasteiger partial charge < -0.3 is 24.3 Å². The Bertz CT molecular complexity index is 840. The maximum Gasteiger partial charge on any atom is 0.244 e. The van der Waals surface area contributed by atoms with Gasteiger partial charge in [-0.3, -0.25) is 4.79 Å². The molecule has 0 aromatic heterocycles. The maximum atomic E-state index is 12.4. The number of benzene rings is 2. The Labute approximate surface area is 165 Å². The first-order valence-corrected chi connectivity index (χ1v) is 9.24. The van der Waals surface area contributed by atoms with Crippen LogP contribution in [0.4, 0.5) is 0 Å². The van der Waals surface area contributed by atoms with E-state index >= 15 is 0 Å². The largest absolute Gasteiger partial charge is 0.497 e. The van der Waals surface area contributed by atoms with Crippen molar-refractivity contribution in [2.45, 2.75) is 19.4 Å². The number of methoxy groups -OCH3 is 2. The normalized spacial score (nSPS) is 13.8. The van der Waals surface area contributed by atoms with Crippen LogP contribution in [0, 0.1) is 0 Å². The van der Waals surface area contributed by atoms with E-state index in [9.17, 15) is 4.79 Å².